The zero-order valence-corrected chi connectivity index (χ0v) is 14.4. The van der Waals surface area contributed by atoms with Gasteiger partial charge in [-0.15, -0.1) is 0 Å². The van der Waals surface area contributed by atoms with Crippen LogP contribution in [0.2, 0.25) is 0 Å². The van der Waals surface area contributed by atoms with Gasteiger partial charge in [-0.1, -0.05) is 30.3 Å². The maximum atomic E-state index is 12.5. The average Bonchev–Trinajstić information content (AvgIpc) is 3.20. The van der Waals surface area contributed by atoms with Crippen molar-refractivity contribution in [2.45, 2.75) is 44.7 Å². The van der Waals surface area contributed by atoms with E-state index in [0.29, 0.717) is 32.4 Å². The van der Waals surface area contributed by atoms with Crippen LogP contribution < -0.4 is 5.32 Å². The Morgan fingerprint density at radius 3 is 2.56 bits per heavy atom. The number of nitrogens with one attached hydrogen (secondary N) is 1. The van der Waals surface area contributed by atoms with Gasteiger partial charge in [-0.05, 0) is 31.4 Å². The van der Waals surface area contributed by atoms with Gasteiger partial charge in [0.1, 0.15) is 0 Å². The minimum atomic E-state index is -0.0962. The Kier molecular flexibility index (Phi) is 5.81. The lowest BCUT2D eigenvalue weighted by Crippen LogP contribution is -2.43. The first-order chi connectivity index (χ1) is 12.1. The van der Waals surface area contributed by atoms with Crippen molar-refractivity contribution in [2.24, 2.45) is 0 Å². The summed E-state index contributed by atoms with van der Waals surface area (Å²) in [6.07, 6.45) is 3.15. The number of likely N-dealkylation sites (tertiary alicyclic amines) is 2. The molecule has 2 aliphatic heterocycles. The summed E-state index contributed by atoms with van der Waals surface area (Å²) in [5.41, 5.74) is 1.22. The van der Waals surface area contributed by atoms with Gasteiger partial charge in [-0.3, -0.25) is 24.2 Å². The molecule has 2 aliphatic rings. The van der Waals surface area contributed by atoms with Crippen LogP contribution in [0.1, 0.15) is 37.7 Å². The van der Waals surface area contributed by atoms with Gasteiger partial charge in [0.25, 0.3) is 0 Å². The summed E-state index contributed by atoms with van der Waals surface area (Å²) in [5.74, 6) is -0.144. The summed E-state index contributed by atoms with van der Waals surface area (Å²) in [6, 6.07) is 10.1. The van der Waals surface area contributed by atoms with Crippen LogP contribution in [0.3, 0.4) is 0 Å². The highest BCUT2D eigenvalue weighted by molar-refractivity contribution is 6.01. The largest absolute Gasteiger partial charge is 0.355 e. The topological polar surface area (TPSA) is 69.7 Å². The predicted octanol–water partition coefficient (Wildman–Crippen LogP) is 1.31. The van der Waals surface area contributed by atoms with Gasteiger partial charge < -0.3 is 5.32 Å². The molecule has 3 rings (SSSR count). The standard InChI is InChI=1S/C19H25N3O3/c23-17-9-10-18(24)22(17)13-5-11-20-19(25)16-8-4-12-21(16)14-15-6-2-1-3-7-15/h1-3,6-7,16H,4-5,8-14H2,(H,20,25). The second-order valence-corrected chi connectivity index (χ2v) is 6.70. The van der Waals surface area contributed by atoms with Crippen LogP contribution in [-0.2, 0) is 20.9 Å². The fourth-order valence-corrected chi connectivity index (χ4v) is 3.57. The van der Waals surface area contributed by atoms with Crippen LogP contribution in [0.15, 0.2) is 30.3 Å². The Bertz CT molecular complexity index is 616. The van der Waals surface area contributed by atoms with Crippen LogP contribution in [0.25, 0.3) is 0 Å². The normalized spacial score (nSPS) is 21.1. The summed E-state index contributed by atoms with van der Waals surface area (Å²) < 4.78 is 0. The van der Waals surface area contributed by atoms with E-state index >= 15 is 0 Å². The van der Waals surface area contributed by atoms with E-state index in [1.165, 1.54) is 10.5 Å². The molecule has 1 atom stereocenters. The van der Waals surface area contributed by atoms with E-state index in [-0.39, 0.29) is 23.8 Å². The molecular weight excluding hydrogens is 318 g/mol. The first-order valence-electron chi connectivity index (χ1n) is 9.04. The molecule has 134 valence electrons. The SMILES string of the molecule is O=C(NCCCN1C(=O)CCC1=O)C1CCCN1Cc1ccccc1. The van der Waals surface area contributed by atoms with Crippen molar-refractivity contribution < 1.29 is 14.4 Å². The Morgan fingerprint density at radius 2 is 1.84 bits per heavy atom. The first-order valence-corrected chi connectivity index (χ1v) is 9.04. The molecule has 2 fully saturated rings. The molecule has 3 amide bonds. The van der Waals surface area contributed by atoms with Gasteiger partial charge in [0, 0.05) is 32.5 Å². The number of imide groups is 1. The lowest BCUT2D eigenvalue weighted by Gasteiger charge is -2.24. The van der Waals surface area contributed by atoms with Gasteiger partial charge in [0.05, 0.1) is 6.04 Å². The summed E-state index contributed by atoms with van der Waals surface area (Å²) in [5, 5.41) is 2.96. The Labute approximate surface area is 148 Å². The molecule has 1 aromatic rings. The minimum absolute atomic E-state index is 0.0486. The molecule has 0 spiro atoms. The number of nitrogens with zero attached hydrogens (tertiary/aromatic N) is 2. The second kappa shape index (κ2) is 8.25. The highest BCUT2D eigenvalue weighted by Crippen LogP contribution is 2.20. The Morgan fingerprint density at radius 1 is 1.12 bits per heavy atom. The molecule has 0 radical (unpaired) electrons. The van der Waals surface area contributed by atoms with E-state index in [2.05, 4.69) is 22.3 Å². The number of rotatable bonds is 7. The molecule has 6 nitrogen and oxygen atoms in total. The molecule has 6 heteroatoms. The van der Waals surface area contributed by atoms with Crippen molar-refractivity contribution in [1.29, 1.82) is 0 Å². The lowest BCUT2D eigenvalue weighted by atomic mass is 10.1. The van der Waals surface area contributed by atoms with Gasteiger partial charge in [0.15, 0.2) is 0 Å². The molecule has 0 aromatic heterocycles. The molecule has 0 bridgehead atoms. The van der Waals surface area contributed by atoms with E-state index in [9.17, 15) is 14.4 Å². The molecule has 2 saturated heterocycles. The van der Waals surface area contributed by atoms with Crippen molar-refractivity contribution in [3.8, 4) is 0 Å². The van der Waals surface area contributed by atoms with Crippen LogP contribution in [-0.4, -0.2) is 53.2 Å². The van der Waals surface area contributed by atoms with Gasteiger partial charge >= 0.3 is 0 Å². The van der Waals surface area contributed by atoms with Crippen LogP contribution >= 0.6 is 0 Å². The zero-order valence-electron chi connectivity index (χ0n) is 14.4. The molecule has 1 unspecified atom stereocenters. The van der Waals surface area contributed by atoms with Crippen LogP contribution in [0.4, 0.5) is 0 Å². The van der Waals surface area contributed by atoms with Crippen molar-refractivity contribution in [2.75, 3.05) is 19.6 Å². The van der Waals surface area contributed by atoms with Crippen molar-refractivity contribution in [1.82, 2.24) is 15.1 Å². The molecule has 2 heterocycles. The molecule has 25 heavy (non-hydrogen) atoms. The van der Waals surface area contributed by atoms with Gasteiger partial charge in [-0.25, -0.2) is 0 Å². The average molecular weight is 343 g/mol. The van der Waals surface area contributed by atoms with E-state index in [1.54, 1.807) is 0 Å². The number of carbonyl (C=O) groups is 3. The molecule has 1 aromatic carbocycles. The summed E-state index contributed by atoms with van der Waals surface area (Å²) in [6.45, 7) is 2.61. The molecule has 0 saturated carbocycles. The third-order valence-corrected chi connectivity index (χ3v) is 4.91. The molecule has 1 N–H and O–H groups in total. The second-order valence-electron chi connectivity index (χ2n) is 6.70. The zero-order chi connectivity index (χ0) is 17.6. The Balaban J connectivity index is 1.42. The highest BCUT2D eigenvalue weighted by Gasteiger charge is 2.31. The summed E-state index contributed by atoms with van der Waals surface area (Å²) >= 11 is 0. The van der Waals surface area contributed by atoms with Crippen molar-refractivity contribution in [3.05, 3.63) is 35.9 Å². The number of hydrogen-bond donors (Lipinski definition) is 1. The summed E-state index contributed by atoms with van der Waals surface area (Å²) in [7, 11) is 0. The Hall–Kier alpha value is -2.21. The third kappa shape index (κ3) is 4.45. The monoisotopic (exact) mass is 343 g/mol. The minimum Gasteiger partial charge on any atom is -0.355 e. The quantitative estimate of drug-likeness (QED) is 0.599. The number of amides is 3. The number of carbonyl (C=O) groups excluding carboxylic acids is 3. The van der Waals surface area contributed by atoms with Gasteiger partial charge in [-0.2, -0.15) is 0 Å². The molecular formula is C19H25N3O3. The smallest absolute Gasteiger partial charge is 0.237 e. The summed E-state index contributed by atoms with van der Waals surface area (Å²) in [4.78, 5) is 39.1. The third-order valence-electron chi connectivity index (χ3n) is 4.91. The van der Waals surface area contributed by atoms with Gasteiger partial charge in [0.2, 0.25) is 17.7 Å². The predicted molar refractivity (Wildman–Crippen MR) is 93.5 cm³/mol. The van der Waals surface area contributed by atoms with E-state index < -0.39 is 0 Å². The fourth-order valence-electron chi connectivity index (χ4n) is 3.57. The number of hydrogen-bond acceptors (Lipinski definition) is 4. The van der Waals surface area contributed by atoms with E-state index in [1.807, 2.05) is 18.2 Å². The van der Waals surface area contributed by atoms with Crippen molar-refractivity contribution >= 4 is 17.7 Å². The number of benzene rings is 1. The van der Waals surface area contributed by atoms with Crippen LogP contribution in [0.5, 0.6) is 0 Å². The molecule has 0 aliphatic carbocycles. The van der Waals surface area contributed by atoms with Crippen LogP contribution in [0, 0.1) is 0 Å². The lowest BCUT2D eigenvalue weighted by molar-refractivity contribution is -0.138. The maximum absolute atomic E-state index is 12.5. The highest BCUT2D eigenvalue weighted by atomic mass is 16.2. The maximum Gasteiger partial charge on any atom is 0.237 e. The van der Waals surface area contributed by atoms with Crippen molar-refractivity contribution in [3.63, 3.8) is 0 Å². The van der Waals surface area contributed by atoms with E-state index in [0.717, 1.165) is 25.9 Å². The first kappa shape index (κ1) is 17.6. The van der Waals surface area contributed by atoms with E-state index in [4.69, 9.17) is 0 Å². The fraction of sp³-hybridized carbons (Fsp3) is 0.526.